The zero-order chi connectivity index (χ0) is 36.8. The highest BCUT2D eigenvalue weighted by Crippen LogP contribution is 2.66. The topological polar surface area (TPSA) is 92.3 Å². The smallest absolute Gasteiger partial charge is 0.183 e. The fourth-order valence-electron chi connectivity index (χ4n) is 8.30. The second-order valence-electron chi connectivity index (χ2n) is 13.2. The second kappa shape index (κ2) is 16.3. The van der Waals surface area contributed by atoms with Crippen LogP contribution in [0.4, 0.5) is 0 Å². The monoisotopic (exact) mass is 714 g/mol. The molecule has 4 aromatic carbocycles. The molecule has 0 spiro atoms. The van der Waals surface area contributed by atoms with Gasteiger partial charge in [0.05, 0.1) is 70.1 Å². The summed E-state index contributed by atoms with van der Waals surface area (Å²) in [5, 5.41) is 0. The van der Waals surface area contributed by atoms with E-state index in [4.69, 9.17) is 47.4 Å². The molecule has 0 N–H and O–H groups in total. The molecule has 2 fully saturated rings. The Labute approximate surface area is 306 Å². The first kappa shape index (κ1) is 37.0. The van der Waals surface area contributed by atoms with Crippen LogP contribution in [0.2, 0.25) is 0 Å². The van der Waals surface area contributed by atoms with Gasteiger partial charge in [-0.3, -0.25) is 0 Å². The van der Waals surface area contributed by atoms with Crippen molar-refractivity contribution in [3.8, 4) is 46.0 Å². The minimum atomic E-state index is -1.21. The van der Waals surface area contributed by atoms with Crippen LogP contribution < -0.4 is 37.9 Å². The van der Waals surface area contributed by atoms with E-state index in [0.717, 1.165) is 41.5 Å². The average molecular weight is 715 g/mol. The van der Waals surface area contributed by atoms with Gasteiger partial charge >= 0.3 is 0 Å². The lowest BCUT2D eigenvalue weighted by atomic mass is 9.81. The molecule has 4 unspecified atom stereocenters. The Morgan fingerprint density at radius 3 is 0.942 bits per heavy atom. The molecule has 0 aromatic heterocycles. The van der Waals surface area contributed by atoms with Crippen LogP contribution in [-0.4, -0.2) is 62.7 Å². The van der Waals surface area contributed by atoms with Gasteiger partial charge in [0.1, 0.15) is 46.0 Å². The lowest BCUT2D eigenvalue weighted by Crippen LogP contribution is -2.45. The van der Waals surface area contributed by atoms with Crippen LogP contribution in [0.3, 0.4) is 0 Å². The van der Waals surface area contributed by atoms with E-state index in [1.165, 1.54) is 0 Å². The normalized spacial score (nSPS) is 20.2. The highest BCUT2D eigenvalue weighted by atomic mass is 16.7. The van der Waals surface area contributed by atoms with E-state index >= 15 is 0 Å². The molecule has 0 heterocycles. The van der Waals surface area contributed by atoms with Gasteiger partial charge in [-0.15, -0.1) is 0 Å². The van der Waals surface area contributed by atoms with Crippen LogP contribution in [0.1, 0.15) is 53.4 Å². The number of benzene rings is 4. The summed E-state index contributed by atoms with van der Waals surface area (Å²) in [6.45, 7) is 0.424. The van der Waals surface area contributed by atoms with Crippen LogP contribution >= 0.6 is 0 Å². The third-order valence-corrected chi connectivity index (χ3v) is 10.6. The van der Waals surface area contributed by atoms with E-state index in [1.54, 1.807) is 56.9 Å². The van der Waals surface area contributed by atoms with Crippen LogP contribution in [0.15, 0.2) is 72.8 Å². The van der Waals surface area contributed by atoms with Crippen molar-refractivity contribution in [2.45, 2.75) is 50.1 Å². The Morgan fingerprint density at radius 1 is 0.404 bits per heavy atom. The third kappa shape index (κ3) is 7.41. The molecule has 0 aliphatic heterocycles. The van der Waals surface area contributed by atoms with E-state index in [-0.39, 0.29) is 36.9 Å². The minimum Gasteiger partial charge on any atom is -0.497 e. The zero-order valence-electron chi connectivity index (χ0n) is 31.4. The zero-order valence-corrected chi connectivity index (χ0v) is 31.4. The summed E-state index contributed by atoms with van der Waals surface area (Å²) in [6.07, 6.45) is 3.09. The van der Waals surface area contributed by atoms with Gasteiger partial charge in [-0.25, -0.2) is 0 Å². The van der Waals surface area contributed by atoms with Gasteiger partial charge in [-0.05, 0) is 95.5 Å². The molecule has 2 aliphatic carbocycles. The largest absolute Gasteiger partial charge is 0.497 e. The predicted octanol–water partition coefficient (Wildman–Crippen LogP) is 8.18. The Bertz CT molecular complexity index is 1600. The number of ether oxygens (including phenoxy) is 10. The maximum Gasteiger partial charge on any atom is 0.183 e. The molecule has 10 nitrogen and oxygen atoms in total. The van der Waals surface area contributed by atoms with E-state index in [2.05, 4.69) is 24.3 Å². The first-order chi connectivity index (χ1) is 25.3. The van der Waals surface area contributed by atoms with Gasteiger partial charge in [0.2, 0.25) is 0 Å². The van der Waals surface area contributed by atoms with Crippen molar-refractivity contribution in [2.75, 3.05) is 56.9 Å². The SMILES string of the molecule is COc1cc(COC2(OCc3cc(OC)cc(OC)c3)C(c3cc(OC)cc(OC)c3)C3CCCC3C2c2cc(OC)cc(OC)c2)cc(OC)c1. The van der Waals surface area contributed by atoms with Crippen molar-refractivity contribution in [2.24, 2.45) is 11.8 Å². The van der Waals surface area contributed by atoms with E-state index in [9.17, 15) is 0 Å². The molecule has 2 saturated carbocycles. The standard InChI is InChI=1S/C42H50O10/c1-43-30-12-26(13-31(20-30)44-2)24-51-42(52-25-27-14-32(45-3)21-33(15-27)46-4)40(28-16-34(47-5)22-35(17-28)48-6)38-10-9-11-39(38)41(42)29-18-36(49-7)23-37(19-29)50-8/h12-23,38-41H,9-11,24-25H2,1-8H3. The van der Waals surface area contributed by atoms with Crippen molar-refractivity contribution >= 4 is 0 Å². The van der Waals surface area contributed by atoms with E-state index in [0.29, 0.717) is 46.0 Å². The van der Waals surface area contributed by atoms with E-state index < -0.39 is 5.79 Å². The molecule has 0 saturated heterocycles. The molecule has 10 heteroatoms. The number of hydrogen-bond donors (Lipinski definition) is 0. The summed E-state index contributed by atoms with van der Waals surface area (Å²) in [4.78, 5) is 0. The van der Waals surface area contributed by atoms with Crippen LogP contribution in [0, 0.1) is 11.8 Å². The maximum absolute atomic E-state index is 7.42. The van der Waals surface area contributed by atoms with Crippen LogP contribution in [-0.2, 0) is 22.7 Å². The van der Waals surface area contributed by atoms with Gasteiger partial charge in [-0.2, -0.15) is 0 Å². The van der Waals surface area contributed by atoms with Gasteiger partial charge < -0.3 is 47.4 Å². The van der Waals surface area contributed by atoms with Gasteiger partial charge in [0, 0.05) is 36.1 Å². The van der Waals surface area contributed by atoms with Gasteiger partial charge in [0.15, 0.2) is 5.79 Å². The summed E-state index contributed by atoms with van der Waals surface area (Å²) < 4.78 is 60.7. The molecule has 4 atom stereocenters. The van der Waals surface area contributed by atoms with Gasteiger partial charge in [0.25, 0.3) is 0 Å². The first-order valence-electron chi connectivity index (χ1n) is 17.5. The molecule has 0 radical (unpaired) electrons. The van der Waals surface area contributed by atoms with Crippen molar-refractivity contribution in [3.63, 3.8) is 0 Å². The summed E-state index contributed by atoms with van der Waals surface area (Å²) in [5.41, 5.74) is 3.78. The molecule has 2 aliphatic rings. The summed E-state index contributed by atoms with van der Waals surface area (Å²) in [7, 11) is 13.2. The molecule has 4 aromatic rings. The van der Waals surface area contributed by atoms with Crippen LogP contribution in [0.25, 0.3) is 0 Å². The molecular formula is C42H50O10. The molecule has 0 bridgehead atoms. The highest BCUT2D eigenvalue weighted by Gasteiger charge is 2.64. The highest BCUT2D eigenvalue weighted by molar-refractivity contribution is 5.47. The van der Waals surface area contributed by atoms with Crippen molar-refractivity contribution in [3.05, 3.63) is 95.1 Å². The molecule has 278 valence electrons. The predicted molar refractivity (Wildman–Crippen MR) is 197 cm³/mol. The average Bonchev–Trinajstić information content (AvgIpc) is 3.76. The number of methoxy groups -OCH3 is 8. The van der Waals surface area contributed by atoms with E-state index in [1.807, 2.05) is 48.5 Å². The Kier molecular flexibility index (Phi) is 11.6. The third-order valence-electron chi connectivity index (χ3n) is 10.6. The minimum absolute atomic E-state index is 0.207. The quantitative estimate of drug-likeness (QED) is 0.106. The van der Waals surface area contributed by atoms with Crippen molar-refractivity contribution in [1.29, 1.82) is 0 Å². The first-order valence-corrected chi connectivity index (χ1v) is 17.5. The lowest BCUT2D eigenvalue weighted by Gasteiger charge is -2.42. The molecule has 52 heavy (non-hydrogen) atoms. The lowest BCUT2D eigenvalue weighted by molar-refractivity contribution is -0.268. The molecule has 6 rings (SSSR count). The fraction of sp³-hybridized carbons (Fsp3) is 0.429. The van der Waals surface area contributed by atoms with Crippen molar-refractivity contribution in [1.82, 2.24) is 0 Å². The summed E-state index contributed by atoms with van der Waals surface area (Å²) in [5.74, 6) is 4.19. The summed E-state index contributed by atoms with van der Waals surface area (Å²) in [6, 6.07) is 23.7. The second-order valence-corrected chi connectivity index (χ2v) is 13.2. The van der Waals surface area contributed by atoms with Crippen molar-refractivity contribution < 1.29 is 47.4 Å². The summed E-state index contributed by atoms with van der Waals surface area (Å²) >= 11 is 0. The molecule has 0 amide bonds. The maximum atomic E-state index is 7.42. The Morgan fingerprint density at radius 2 is 0.673 bits per heavy atom. The number of rotatable bonds is 16. The molecular weight excluding hydrogens is 664 g/mol. The van der Waals surface area contributed by atoms with Gasteiger partial charge in [-0.1, -0.05) is 6.42 Å². The number of hydrogen-bond acceptors (Lipinski definition) is 10. The Balaban J connectivity index is 1.59. The van der Waals surface area contributed by atoms with Crippen LogP contribution in [0.5, 0.6) is 46.0 Å². The number of fused-ring (bicyclic) bond motifs is 1. The fourth-order valence-corrected chi connectivity index (χ4v) is 8.30. The Hall–Kier alpha value is -4.80.